The smallest absolute Gasteiger partial charge is 0.332 e. The highest BCUT2D eigenvalue weighted by Crippen LogP contribution is 2.27. The van der Waals surface area contributed by atoms with Crippen molar-refractivity contribution in [2.75, 3.05) is 19.0 Å². The maximum Gasteiger partial charge on any atom is 0.332 e. The van der Waals surface area contributed by atoms with Crippen LogP contribution in [-0.2, 0) is 0 Å². The molecule has 2 amide bonds. The first-order valence-electron chi connectivity index (χ1n) is 4.06. The molecule has 0 aliphatic heterocycles. The number of nitrogens with one attached hydrogen (secondary N) is 1. The third kappa shape index (κ3) is 3.28. The Labute approximate surface area is 95.2 Å². The van der Waals surface area contributed by atoms with Gasteiger partial charge in [-0.2, -0.15) is 5.10 Å². The number of halogens is 1. The topological polar surface area (TPSA) is 83.9 Å². The van der Waals surface area contributed by atoms with Crippen LogP contribution < -0.4 is 16.1 Å². The summed E-state index contributed by atoms with van der Waals surface area (Å²) in [4.78, 5) is 12.1. The van der Waals surface area contributed by atoms with Crippen molar-refractivity contribution in [2.45, 2.75) is 0 Å². The fraction of sp³-hybridized carbons (Fsp3) is 0.250. The first-order valence-corrected chi connectivity index (χ1v) is 4.85. The van der Waals surface area contributed by atoms with E-state index in [1.807, 2.05) is 19.0 Å². The molecule has 3 N–H and O–H groups in total. The highest BCUT2D eigenvalue weighted by atomic mass is 79.9. The summed E-state index contributed by atoms with van der Waals surface area (Å²) in [6, 6.07) is 1.02. The molecule has 1 heterocycles. The number of urea groups is 1. The van der Waals surface area contributed by atoms with E-state index in [1.54, 1.807) is 6.07 Å². The SMILES string of the molecule is CN(C)c1oc(/C=N/NC(N)=O)cc1Br. The van der Waals surface area contributed by atoms with Crippen LogP contribution in [0.15, 0.2) is 20.1 Å². The van der Waals surface area contributed by atoms with Crippen molar-refractivity contribution in [3.63, 3.8) is 0 Å². The molecule has 0 bridgehead atoms. The fourth-order valence-electron chi connectivity index (χ4n) is 0.905. The Kier molecular flexibility index (Phi) is 3.73. The minimum Gasteiger partial charge on any atom is -0.438 e. The Bertz CT molecular complexity index is 386. The fourth-order valence-corrected chi connectivity index (χ4v) is 1.57. The summed E-state index contributed by atoms with van der Waals surface area (Å²) in [7, 11) is 3.71. The number of carbonyl (C=O) groups excluding carboxylic acids is 1. The van der Waals surface area contributed by atoms with Crippen LogP contribution >= 0.6 is 15.9 Å². The van der Waals surface area contributed by atoms with Gasteiger partial charge in [-0.25, -0.2) is 10.2 Å². The third-order valence-electron chi connectivity index (χ3n) is 1.46. The number of hydrogen-bond donors (Lipinski definition) is 2. The number of anilines is 1. The van der Waals surface area contributed by atoms with Crippen molar-refractivity contribution in [3.05, 3.63) is 16.3 Å². The first-order chi connectivity index (χ1) is 7.00. The lowest BCUT2D eigenvalue weighted by Crippen LogP contribution is -2.24. The van der Waals surface area contributed by atoms with Crippen LogP contribution in [0.5, 0.6) is 0 Å². The highest BCUT2D eigenvalue weighted by molar-refractivity contribution is 9.10. The number of nitrogens with two attached hydrogens (primary N) is 1. The van der Waals surface area contributed by atoms with Gasteiger partial charge in [0.15, 0.2) is 5.76 Å². The average molecular weight is 275 g/mol. The van der Waals surface area contributed by atoms with Gasteiger partial charge >= 0.3 is 6.03 Å². The third-order valence-corrected chi connectivity index (χ3v) is 2.03. The van der Waals surface area contributed by atoms with Crippen LogP contribution in [0.2, 0.25) is 0 Å². The summed E-state index contributed by atoms with van der Waals surface area (Å²) >= 11 is 3.33. The first kappa shape index (κ1) is 11.6. The van der Waals surface area contributed by atoms with E-state index >= 15 is 0 Å². The summed E-state index contributed by atoms with van der Waals surface area (Å²) in [5.41, 5.74) is 6.90. The molecule has 0 atom stereocenters. The summed E-state index contributed by atoms with van der Waals surface area (Å²) < 4.78 is 6.21. The average Bonchev–Trinajstić information content (AvgIpc) is 2.46. The van der Waals surface area contributed by atoms with E-state index in [4.69, 9.17) is 10.2 Å². The molecule has 0 fully saturated rings. The van der Waals surface area contributed by atoms with Gasteiger partial charge in [-0.05, 0) is 15.9 Å². The zero-order chi connectivity index (χ0) is 11.4. The molecule has 0 saturated heterocycles. The summed E-state index contributed by atoms with van der Waals surface area (Å²) in [6.45, 7) is 0. The number of hydrogen-bond acceptors (Lipinski definition) is 4. The van der Waals surface area contributed by atoms with Crippen molar-refractivity contribution in [1.82, 2.24) is 5.43 Å². The molecule has 0 radical (unpaired) electrons. The summed E-state index contributed by atoms with van der Waals surface area (Å²) in [6.07, 6.45) is 1.36. The molecule has 7 heteroatoms. The second kappa shape index (κ2) is 4.83. The molecule has 6 nitrogen and oxygen atoms in total. The lowest BCUT2D eigenvalue weighted by molar-refractivity contribution is 0.249. The number of primary amides is 1. The Morgan fingerprint density at radius 1 is 1.73 bits per heavy atom. The van der Waals surface area contributed by atoms with Crippen LogP contribution in [0.4, 0.5) is 10.7 Å². The lowest BCUT2D eigenvalue weighted by atomic mass is 10.5. The number of rotatable bonds is 3. The van der Waals surface area contributed by atoms with Gasteiger partial charge in [0, 0.05) is 20.2 Å². The summed E-state index contributed by atoms with van der Waals surface area (Å²) in [5.74, 6) is 1.19. The Morgan fingerprint density at radius 2 is 2.40 bits per heavy atom. The quantitative estimate of drug-likeness (QED) is 0.640. The molecule has 1 rings (SSSR count). The van der Waals surface area contributed by atoms with Crippen molar-refractivity contribution < 1.29 is 9.21 Å². The van der Waals surface area contributed by atoms with Gasteiger partial charge < -0.3 is 15.1 Å². The number of amides is 2. The molecule has 0 aliphatic rings. The Morgan fingerprint density at radius 3 is 2.87 bits per heavy atom. The maximum absolute atomic E-state index is 10.3. The standard InChI is InChI=1S/C8H11BrN4O2/c1-13(2)7-6(9)3-5(15-7)4-11-12-8(10)14/h3-4H,1-2H3,(H3,10,12,14)/b11-4+. The normalized spacial score (nSPS) is 10.6. The molecule has 0 unspecified atom stereocenters. The molecule has 15 heavy (non-hydrogen) atoms. The Balaban J connectivity index is 2.75. The van der Waals surface area contributed by atoms with Gasteiger partial charge in [-0.1, -0.05) is 0 Å². The molecule has 1 aromatic heterocycles. The van der Waals surface area contributed by atoms with E-state index in [0.29, 0.717) is 11.6 Å². The number of hydrazone groups is 1. The van der Waals surface area contributed by atoms with Gasteiger partial charge in [0.1, 0.15) is 0 Å². The van der Waals surface area contributed by atoms with Crippen molar-refractivity contribution in [1.29, 1.82) is 0 Å². The predicted molar refractivity (Wildman–Crippen MR) is 61.0 cm³/mol. The van der Waals surface area contributed by atoms with Crippen LogP contribution in [0.3, 0.4) is 0 Å². The van der Waals surface area contributed by atoms with Gasteiger partial charge in [0.2, 0.25) is 5.88 Å². The molecular weight excluding hydrogens is 264 g/mol. The maximum atomic E-state index is 10.3. The van der Waals surface area contributed by atoms with Crippen molar-refractivity contribution in [3.8, 4) is 0 Å². The minimum atomic E-state index is -0.718. The molecule has 0 spiro atoms. The lowest BCUT2D eigenvalue weighted by Gasteiger charge is -2.07. The van der Waals surface area contributed by atoms with E-state index in [-0.39, 0.29) is 0 Å². The molecule has 1 aromatic rings. The highest BCUT2D eigenvalue weighted by Gasteiger charge is 2.08. The zero-order valence-corrected chi connectivity index (χ0v) is 9.91. The monoisotopic (exact) mass is 274 g/mol. The van der Waals surface area contributed by atoms with E-state index in [0.717, 1.165) is 4.47 Å². The van der Waals surface area contributed by atoms with Crippen LogP contribution in [-0.4, -0.2) is 26.3 Å². The number of furan rings is 1. The molecule has 82 valence electrons. The van der Waals surface area contributed by atoms with E-state index < -0.39 is 6.03 Å². The summed E-state index contributed by atoms with van der Waals surface area (Å²) in [5, 5.41) is 3.57. The number of nitrogens with zero attached hydrogens (tertiary/aromatic N) is 2. The molecule has 0 aromatic carbocycles. The molecule has 0 saturated carbocycles. The molecular formula is C8H11BrN4O2. The zero-order valence-electron chi connectivity index (χ0n) is 8.32. The van der Waals surface area contributed by atoms with Gasteiger partial charge in [-0.3, -0.25) is 0 Å². The molecule has 0 aliphatic carbocycles. The van der Waals surface area contributed by atoms with E-state index in [1.165, 1.54) is 6.21 Å². The second-order valence-corrected chi connectivity index (χ2v) is 3.78. The second-order valence-electron chi connectivity index (χ2n) is 2.93. The number of carbonyl (C=O) groups is 1. The van der Waals surface area contributed by atoms with Crippen LogP contribution in [0.25, 0.3) is 0 Å². The van der Waals surface area contributed by atoms with Gasteiger partial charge in [0.25, 0.3) is 0 Å². The Hall–Kier alpha value is -1.50. The largest absolute Gasteiger partial charge is 0.438 e. The van der Waals surface area contributed by atoms with Crippen LogP contribution in [0.1, 0.15) is 5.76 Å². The minimum absolute atomic E-state index is 0.513. The van der Waals surface area contributed by atoms with Crippen molar-refractivity contribution >= 4 is 34.1 Å². The van der Waals surface area contributed by atoms with Crippen molar-refractivity contribution in [2.24, 2.45) is 10.8 Å². The van der Waals surface area contributed by atoms with Crippen LogP contribution in [0, 0.1) is 0 Å². The van der Waals surface area contributed by atoms with Gasteiger partial charge in [0.05, 0.1) is 10.7 Å². The van der Waals surface area contributed by atoms with E-state index in [2.05, 4.69) is 26.5 Å². The van der Waals surface area contributed by atoms with E-state index in [9.17, 15) is 4.79 Å². The van der Waals surface area contributed by atoms with Gasteiger partial charge in [-0.15, -0.1) is 0 Å². The predicted octanol–water partition coefficient (Wildman–Crippen LogP) is 1.11.